The molecule has 144 valence electrons. The summed E-state index contributed by atoms with van der Waals surface area (Å²) in [6.07, 6.45) is 0. The maximum absolute atomic E-state index is 13.7. The Hall–Kier alpha value is -1.23. The first-order chi connectivity index (χ1) is 14.0. The molecular formula is C24H16AlF4K. The van der Waals surface area contributed by atoms with Crippen LogP contribution < -0.4 is 69.1 Å². The van der Waals surface area contributed by atoms with Gasteiger partial charge in [-0.25, -0.2) is 35.3 Å². The van der Waals surface area contributed by atoms with Gasteiger partial charge < -0.3 is 0 Å². The van der Waals surface area contributed by atoms with Crippen molar-refractivity contribution in [1.29, 1.82) is 0 Å². The van der Waals surface area contributed by atoms with Crippen molar-refractivity contribution >= 4 is 30.8 Å². The first kappa shape index (κ1) is 23.4. The normalized spacial score (nSPS) is 11.1. The van der Waals surface area contributed by atoms with E-state index in [0.29, 0.717) is 0 Å². The van der Waals surface area contributed by atoms with Crippen LogP contribution in [0.15, 0.2) is 97.1 Å². The van der Waals surface area contributed by atoms with E-state index in [1.807, 2.05) is 0 Å². The predicted molar refractivity (Wildman–Crippen MR) is 110 cm³/mol. The van der Waals surface area contributed by atoms with E-state index in [1.54, 1.807) is 48.5 Å². The molecule has 6 heteroatoms. The third-order valence-electron chi connectivity index (χ3n) is 5.48. The van der Waals surface area contributed by atoms with Crippen LogP contribution in [0.2, 0.25) is 0 Å². The van der Waals surface area contributed by atoms with Gasteiger partial charge in [-0.1, -0.05) is 0 Å². The molecule has 0 nitrogen and oxygen atoms in total. The number of hydrogen-bond donors (Lipinski definition) is 0. The summed E-state index contributed by atoms with van der Waals surface area (Å²) in [5.41, 5.74) is 0. The Morgan fingerprint density at radius 3 is 0.667 bits per heavy atom. The van der Waals surface area contributed by atoms with Crippen LogP contribution in [0.25, 0.3) is 0 Å². The van der Waals surface area contributed by atoms with Gasteiger partial charge in [-0.05, 0) is 48.5 Å². The third-order valence-corrected chi connectivity index (χ3v) is 11.0. The largest absolute Gasteiger partial charge is 1.00 e. The Morgan fingerprint density at radius 1 is 0.333 bits per heavy atom. The van der Waals surface area contributed by atoms with Crippen LogP contribution >= 0.6 is 0 Å². The molecule has 0 bridgehead atoms. The molecule has 0 spiro atoms. The summed E-state index contributed by atoms with van der Waals surface area (Å²) in [7, 11) is 0. The molecule has 0 aliphatic carbocycles. The van der Waals surface area contributed by atoms with Crippen LogP contribution in [0.3, 0.4) is 0 Å². The second-order valence-electron chi connectivity index (χ2n) is 7.07. The van der Waals surface area contributed by atoms with E-state index in [4.69, 9.17) is 0 Å². The number of halogens is 4. The summed E-state index contributed by atoms with van der Waals surface area (Å²) < 4.78 is 58.2. The van der Waals surface area contributed by atoms with Crippen molar-refractivity contribution in [3.8, 4) is 0 Å². The van der Waals surface area contributed by atoms with Gasteiger partial charge in [-0.3, -0.25) is 0 Å². The van der Waals surface area contributed by atoms with Gasteiger partial charge in [0.2, 0.25) is 0 Å². The smallest absolute Gasteiger partial charge is 0.218 e. The van der Waals surface area contributed by atoms with E-state index in [0.717, 1.165) is 17.7 Å². The van der Waals surface area contributed by atoms with Crippen molar-refractivity contribution in [2.75, 3.05) is 0 Å². The number of rotatable bonds is 4. The van der Waals surface area contributed by atoms with E-state index in [9.17, 15) is 17.6 Å². The fourth-order valence-corrected chi connectivity index (χ4v) is 9.55. The maximum atomic E-state index is 13.7. The summed E-state index contributed by atoms with van der Waals surface area (Å²) in [6.45, 7) is 0. The summed E-state index contributed by atoms with van der Waals surface area (Å²) in [4.78, 5) is 0. The van der Waals surface area contributed by atoms with E-state index in [1.165, 1.54) is 48.5 Å². The average Bonchev–Trinajstić information content (AvgIpc) is 2.73. The van der Waals surface area contributed by atoms with Gasteiger partial charge in [-0.15, -0.1) is 48.5 Å². The van der Waals surface area contributed by atoms with Crippen LogP contribution in [0.4, 0.5) is 17.6 Å². The van der Waals surface area contributed by atoms with Crippen molar-refractivity contribution in [2.45, 2.75) is 0 Å². The molecule has 0 saturated heterocycles. The van der Waals surface area contributed by atoms with Gasteiger partial charge in [0.25, 0.3) is 13.1 Å². The molecule has 0 aliphatic rings. The van der Waals surface area contributed by atoms with E-state index in [-0.39, 0.29) is 74.7 Å². The number of benzene rings is 4. The van der Waals surface area contributed by atoms with Crippen LogP contribution in [0.5, 0.6) is 0 Å². The van der Waals surface area contributed by atoms with Crippen molar-refractivity contribution < 1.29 is 68.9 Å². The first-order valence-corrected chi connectivity index (χ1v) is 11.5. The zero-order chi connectivity index (χ0) is 20.4. The Morgan fingerprint density at radius 2 is 0.500 bits per heavy atom. The average molecular weight is 446 g/mol. The molecule has 4 rings (SSSR count). The van der Waals surface area contributed by atoms with E-state index in [2.05, 4.69) is 0 Å². The Bertz CT molecular complexity index is 922. The van der Waals surface area contributed by atoms with Crippen molar-refractivity contribution in [2.24, 2.45) is 0 Å². The molecule has 4 aromatic rings. The molecule has 0 aliphatic heterocycles. The second kappa shape index (κ2) is 9.93. The second-order valence-corrected chi connectivity index (χ2v) is 11.5. The van der Waals surface area contributed by atoms with E-state index < -0.39 is 13.1 Å². The van der Waals surface area contributed by atoms with Gasteiger partial charge in [0.05, 0.1) is 0 Å². The summed E-state index contributed by atoms with van der Waals surface area (Å²) in [6, 6.07) is 24.6. The Labute approximate surface area is 217 Å². The van der Waals surface area contributed by atoms with Gasteiger partial charge in [0.1, 0.15) is 23.3 Å². The topological polar surface area (TPSA) is 0 Å². The predicted octanol–water partition coefficient (Wildman–Crippen LogP) is 0.624. The van der Waals surface area contributed by atoms with Crippen LogP contribution in [0.1, 0.15) is 0 Å². The van der Waals surface area contributed by atoms with Crippen LogP contribution in [-0.2, 0) is 0 Å². The van der Waals surface area contributed by atoms with Gasteiger partial charge in [0, 0.05) is 0 Å². The minimum atomic E-state index is -3.47. The molecule has 0 heterocycles. The molecule has 0 atom stereocenters. The molecule has 0 fully saturated rings. The van der Waals surface area contributed by atoms with Crippen LogP contribution in [0, 0.1) is 23.3 Å². The fraction of sp³-hybridized carbons (Fsp3) is 0. The SMILES string of the molecule is Fc1cc[c]([Al-]([c]2ccc(F)cc2)([c]2ccc(F)cc2)[c]2ccc(F)cc2)cc1.[K+]. The summed E-state index contributed by atoms with van der Waals surface area (Å²) in [5, 5.41) is 0. The van der Waals surface area contributed by atoms with Crippen molar-refractivity contribution in [3.05, 3.63) is 120 Å². The summed E-state index contributed by atoms with van der Waals surface area (Å²) in [5.74, 6) is -1.50. The molecule has 4 aromatic carbocycles. The van der Waals surface area contributed by atoms with Crippen LogP contribution in [-0.4, -0.2) is 13.1 Å². The Kier molecular flexibility index (Phi) is 7.75. The molecular weight excluding hydrogens is 430 g/mol. The summed E-state index contributed by atoms with van der Waals surface area (Å²) >= 11 is -3.47. The zero-order valence-corrected chi connectivity index (χ0v) is 20.6. The molecule has 0 saturated carbocycles. The van der Waals surface area contributed by atoms with Crippen molar-refractivity contribution in [3.63, 3.8) is 0 Å². The quantitative estimate of drug-likeness (QED) is 0.319. The molecule has 0 aromatic heterocycles. The molecule has 0 amide bonds. The molecule has 0 radical (unpaired) electrons. The standard InChI is InChI=1S/4C6H4F.Al.K/c4*7-6-4-2-1-3-5-6;;/h4*2-5H;;/q;;;;-1;+1. The van der Waals surface area contributed by atoms with E-state index >= 15 is 0 Å². The monoisotopic (exact) mass is 446 g/mol. The molecule has 0 N–H and O–H groups in total. The Balaban J connectivity index is 0.00000256. The maximum Gasteiger partial charge on any atom is 1.00 e. The minimum Gasteiger partial charge on any atom is -0.218 e. The molecule has 0 unspecified atom stereocenters. The zero-order valence-electron chi connectivity index (χ0n) is 16.3. The fourth-order valence-electron chi connectivity index (χ4n) is 4.16. The van der Waals surface area contributed by atoms with Gasteiger partial charge in [0.15, 0.2) is 0 Å². The number of hydrogen-bond acceptors (Lipinski definition) is 0. The van der Waals surface area contributed by atoms with Gasteiger partial charge in [-0.2, -0.15) is 0 Å². The van der Waals surface area contributed by atoms with Crippen molar-refractivity contribution in [1.82, 2.24) is 0 Å². The third kappa shape index (κ3) is 4.51. The first-order valence-electron chi connectivity index (χ1n) is 9.20. The molecule has 30 heavy (non-hydrogen) atoms. The van der Waals surface area contributed by atoms with Gasteiger partial charge >= 0.3 is 51.4 Å². The minimum absolute atomic E-state index is 0.